The van der Waals surface area contributed by atoms with E-state index in [9.17, 15) is 0 Å². The Morgan fingerprint density at radius 1 is 0.283 bits per heavy atom. The van der Waals surface area contributed by atoms with Crippen LogP contribution in [-0.2, 0) is 0 Å². The van der Waals surface area contributed by atoms with E-state index in [4.69, 9.17) is 4.98 Å². The average molecular weight is 675 g/mol. The van der Waals surface area contributed by atoms with Crippen molar-refractivity contribution >= 4 is 32.6 Å². The molecule has 0 aliphatic carbocycles. The second-order valence-electron chi connectivity index (χ2n) is 13.6. The van der Waals surface area contributed by atoms with Crippen molar-refractivity contribution in [1.82, 2.24) is 9.55 Å². The minimum atomic E-state index is 0.954. The van der Waals surface area contributed by atoms with E-state index in [1.807, 2.05) is 6.07 Å². The lowest BCUT2D eigenvalue weighted by atomic mass is 9.91. The highest BCUT2D eigenvalue weighted by atomic mass is 15.0. The van der Waals surface area contributed by atoms with Gasteiger partial charge in [0.15, 0.2) is 0 Å². The van der Waals surface area contributed by atoms with Crippen molar-refractivity contribution in [2.24, 2.45) is 0 Å². The minimum Gasteiger partial charge on any atom is -0.309 e. The van der Waals surface area contributed by atoms with E-state index in [0.29, 0.717) is 0 Å². The Kier molecular flexibility index (Phi) is 7.51. The number of hydrogen-bond acceptors (Lipinski definition) is 1. The summed E-state index contributed by atoms with van der Waals surface area (Å²) in [7, 11) is 0. The van der Waals surface area contributed by atoms with Crippen LogP contribution in [0.15, 0.2) is 206 Å². The maximum absolute atomic E-state index is 5.22. The highest BCUT2D eigenvalue weighted by Gasteiger charge is 2.15. The molecule has 248 valence electrons. The number of nitrogens with zero attached hydrogens (tertiary/aromatic N) is 2. The summed E-state index contributed by atoms with van der Waals surface area (Å²) in [5.74, 6) is 0. The van der Waals surface area contributed by atoms with Crippen molar-refractivity contribution in [1.29, 1.82) is 0 Å². The summed E-state index contributed by atoms with van der Waals surface area (Å²) in [5, 5.41) is 4.98. The smallest absolute Gasteiger partial charge is 0.0715 e. The summed E-state index contributed by atoms with van der Waals surface area (Å²) in [5.41, 5.74) is 14.8. The highest BCUT2D eigenvalue weighted by molar-refractivity contribution is 6.09. The van der Waals surface area contributed by atoms with Crippen LogP contribution in [0.3, 0.4) is 0 Å². The van der Waals surface area contributed by atoms with Gasteiger partial charge in [0.25, 0.3) is 0 Å². The maximum atomic E-state index is 5.22. The molecule has 2 nitrogen and oxygen atoms in total. The summed E-state index contributed by atoms with van der Waals surface area (Å²) in [6.07, 6.45) is 0. The normalized spacial score (nSPS) is 11.4. The van der Waals surface area contributed by atoms with Crippen LogP contribution in [-0.4, -0.2) is 9.55 Å². The van der Waals surface area contributed by atoms with Crippen molar-refractivity contribution < 1.29 is 0 Å². The van der Waals surface area contributed by atoms with Crippen molar-refractivity contribution in [2.45, 2.75) is 0 Å². The molecule has 0 bridgehead atoms. The first-order valence-electron chi connectivity index (χ1n) is 18.1. The van der Waals surface area contributed by atoms with E-state index in [1.165, 1.54) is 54.8 Å². The molecule has 10 aromatic rings. The van der Waals surface area contributed by atoms with Crippen LogP contribution in [0.5, 0.6) is 0 Å². The fourth-order valence-electron chi connectivity index (χ4n) is 7.89. The summed E-state index contributed by atoms with van der Waals surface area (Å²) < 4.78 is 2.39. The van der Waals surface area contributed by atoms with Crippen LogP contribution < -0.4 is 0 Å². The quantitative estimate of drug-likeness (QED) is 0.172. The van der Waals surface area contributed by atoms with Gasteiger partial charge in [-0.2, -0.15) is 0 Å². The molecule has 2 aromatic heterocycles. The van der Waals surface area contributed by atoms with Gasteiger partial charge in [0.05, 0.1) is 22.4 Å². The average Bonchev–Trinajstić information content (AvgIpc) is 3.58. The zero-order valence-corrected chi connectivity index (χ0v) is 29.0. The van der Waals surface area contributed by atoms with E-state index >= 15 is 0 Å². The van der Waals surface area contributed by atoms with Crippen molar-refractivity contribution in [2.75, 3.05) is 0 Å². The van der Waals surface area contributed by atoms with E-state index in [1.54, 1.807) is 0 Å². The van der Waals surface area contributed by atoms with Gasteiger partial charge in [-0.1, -0.05) is 164 Å². The Morgan fingerprint density at radius 3 is 1.36 bits per heavy atom. The number of para-hydroxylation sites is 2. The van der Waals surface area contributed by atoms with E-state index in [0.717, 1.165) is 39.3 Å². The molecule has 0 saturated heterocycles. The molecule has 0 fully saturated rings. The Balaban J connectivity index is 1.08. The summed E-state index contributed by atoms with van der Waals surface area (Å²) in [6, 6.07) is 74.0. The molecular formula is C51H34N2. The molecule has 0 amide bonds. The SMILES string of the molecule is c1ccc(-c2cc(-c3ccccc3)nc(-c3cccc(-c4ccc(-c5cccc(-n6c7ccccc7c7ccccc76)c5)c5ccccc45)c3)c2)cc1. The molecule has 10 rings (SSSR count). The number of benzene rings is 8. The molecule has 0 spiro atoms. The van der Waals surface area contributed by atoms with Gasteiger partial charge >= 0.3 is 0 Å². The van der Waals surface area contributed by atoms with Gasteiger partial charge in [0.2, 0.25) is 0 Å². The van der Waals surface area contributed by atoms with Crippen molar-refractivity contribution in [3.8, 4) is 61.6 Å². The van der Waals surface area contributed by atoms with Gasteiger partial charge in [-0.05, 0) is 86.6 Å². The molecule has 0 saturated carbocycles. The molecule has 0 N–H and O–H groups in total. The van der Waals surface area contributed by atoms with Gasteiger partial charge in [-0.15, -0.1) is 0 Å². The standard InChI is InChI=1S/C51H34N2/c1-3-15-35(16-4-1)40-33-48(36-17-5-2-6-18-36)52-49(34-40)39-21-13-19-37(31-39)42-29-30-43(45-24-8-7-23-44(42)45)38-20-14-22-41(32-38)53-50-27-11-9-25-46(50)47-26-10-12-28-51(47)53/h1-34H. The Hall–Kier alpha value is -7.03. The highest BCUT2D eigenvalue weighted by Crippen LogP contribution is 2.39. The van der Waals surface area contributed by atoms with Crippen molar-refractivity contribution in [3.63, 3.8) is 0 Å². The first-order valence-corrected chi connectivity index (χ1v) is 18.1. The fraction of sp³-hybridized carbons (Fsp3) is 0. The number of rotatable bonds is 6. The number of fused-ring (bicyclic) bond motifs is 4. The molecule has 2 heterocycles. The van der Waals surface area contributed by atoms with E-state index in [2.05, 4.69) is 205 Å². The molecule has 8 aromatic carbocycles. The lowest BCUT2D eigenvalue weighted by molar-refractivity contribution is 1.18. The topological polar surface area (TPSA) is 17.8 Å². The minimum absolute atomic E-state index is 0.954. The molecule has 53 heavy (non-hydrogen) atoms. The zero-order chi connectivity index (χ0) is 35.1. The second-order valence-corrected chi connectivity index (χ2v) is 13.6. The lowest BCUT2D eigenvalue weighted by Crippen LogP contribution is -1.94. The second kappa shape index (κ2) is 12.9. The molecule has 0 aliphatic rings. The predicted molar refractivity (Wildman–Crippen MR) is 223 cm³/mol. The molecule has 0 unspecified atom stereocenters. The van der Waals surface area contributed by atoms with Crippen LogP contribution in [0, 0.1) is 0 Å². The summed E-state index contributed by atoms with van der Waals surface area (Å²) in [6.45, 7) is 0. The van der Waals surface area contributed by atoms with Gasteiger partial charge in [0.1, 0.15) is 0 Å². The number of pyridine rings is 1. The van der Waals surface area contributed by atoms with Crippen LogP contribution in [0.2, 0.25) is 0 Å². The molecule has 2 heteroatoms. The van der Waals surface area contributed by atoms with Gasteiger partial charge in [0, 0.05) is 27.6 Å². The number of aromatic nitrogens is 2. The lowest BCUT2D eigenvalue weighted by Gasteiger charge is -2.15. The maximum Gasteiger partial charge on any atom is 0.0715 e. The van der Waals surface area contributed by atoms with Gasteiger partial charge in [-0.3, -0.25) is 0 Å². The molecule has 0 atom stereocenters. The molecule has 0 aliphatic heterocycles. The summed E-state index contributed by atoms with van der Waals surface area (Å²) in [4.78, 5) is 5.22. The first kappa shape index (κ1) is 30.8. The Morgan fingerprint density at radius 2 is 0.736 bits per heavy atom. The summed E-state index contributed by atoms with van der Waals surface area (Å²) >= 11 is 0. The fourth-order valence-corrected chi connectivity index (χ4v) is 7.89. The van der Waals surface area contributed by atoms with Gasteiger partial charge in [-0.25, -0.2) is 4.98 Å². The van der Waals surface area contributed by atoms with Crippen molar-refractivity contribution in [3.05, 3.63) is 206 Å². The van der Waals surface area contributed by atoms with Crippen LogP contribution >= 0.6 is 0 Å². The van der Waals surface area contributed by atoms with E-state index in [-0.39, 0.29) is 0 Å². The van der Waals surface area contributed by atoms with Crippen LogP contribution in [0.4, 0.5) is 0 Å². The molecular weight excluding hydrogens is 641 g/mol. The number of hydrogen-bond donors (Lipinski definition) is 0. The molecule has 0 radical (unpaired) electrons. The van der Waals surface area contributed by atoms with E-state index < -0.39 is 0 Å². The Bertz CT molecular complexity index is 2830. The third kappa shape index (κ3) is 5.49. The predicted octanol–water partition coefficient (Wildman–Crippen LogP) is 13.7. The third-order valence-corrected chi connectivity index (χ3v) is 10.4. The zero-order valence-electron chi connectivity index (χ0n) is 29.0. The Labute approximate surface area is 308 Å². The van der Waals surface area contributed by atoms with Crippen LogP contribution in [0.1, 0.15) is 0 Å². The third-order valence-electron chi connectivity index (χ3n) is 10.4. The van der Waals surface area contributed by atoms with Gasteiger partial charge < -0.3 is 4.57 Å². The largest absolute Gasteiger partial charge is 0.309 e. The van der Waals surface area contributed by atoms with Crippen LogP contribution in [0.25, 0.3) is 94.2 Å². The monoisotopic (exact) mass is 674 g/mol. The first-order chi connectivity index (χ1) is 26.3.